The molecule has 0 radical (unpaired) electrons. The lowest BCUT2D eigenvalue weighted by Gasteiger charge is -1.96. The van der Waals surface area contributed by atoms with E-state index in [1.165, 1.54) is 19.3 Å². The standard InChI is InChI=1S/C7H10.C3H4O2.6FHO/c1-2-7-4-3-6(1)5-7;1-2-3(4)5;6*1-2/h1-2,6-7H,3-5H2;2H,1H2,(H,4,5);6*2H. The molecule has 0 saturated heterocycles. The molecule has 2 aliphatic rings. The van der Waals surface area contributed by atoms with Gasteiger partial charge in [0.05, 0.1) is 0 Å². The van der Waals surface area contributed by atoms with Gasteiger partial charge in [0.2, 0.25) is 0 Å². The first-order valence-electron chi connectivity index (χ1n) is 5.27. The molecule has 1 fully saturated rings. The highest BCUT2D eigenvalue weighted by atomic mass is 19.3. The molecule has 7 N–H and O–H groups in total. The maximum Gasteiger partial charge on any atom is 0.327 e. The van der Waals surface area contributed by atoms with E-state index in [1.54, 1.807) is 0 Å². The number of rotatable bonds is 1. The molecule has 150 valence electrons. The molecule has 1 saturated carbocycles. The van der Waals surface area contributed by atoms with Crippen molar-refractivity contribution in [2.45, 2.75) is 19.3 Å². The first-order chi connectivity index (χ1) is 11.7. The Balaban J connectivity index is -0.0000000429. The summed E-state index contributed by atoms with van der Waals surface area (Å²) >= 11 is 0. The van der Waals surface area contributed by atoms with Gasteiger partial charge in [-0.25, -0.2) is 36.7 Å². The van der Waals surface area contributed by atoms with E-state index in [9.17, 15) is 4.79 Å². The summed E-state index contributed by atoms with van der Waals surface area (Å²) in [7, 11) is 0. The van der Waals surface area contributed by atoms with Crippen LogP contribution in [0, 0.1) is 11.8 Å². The zero-order valence-corrected chi connectivity index (χ0v) is 12.0. The fourth-order valence-electron chi connectivity index (χ4n) is 1.72. The van der Waals surface area contributed by atoms with Crippen molar-refractivity contribution < 1.29 is 68.9 Å². The van der Waals surface area contributed by atoms with Gasteiger partial charge in [-0.3, -0.25) is 0 Å². The summed E-state index contributed by atoms with van der Waals surface area (Å²) in [5.41, 5.74) is 0. The average Bonchev–Trinajstić information content (AvgIpc) is 3.38. The molecule has 0 amide bonds. The fourth-order valence-corrected chi connectivity index (χ4v) is 1.72. The van der Waals surface area contributed by atoms with Crippen LogP contribution in [0.1, 0.15) is 19.3 Å². The number of carboxylic acid groups (broad SMARTS) is 1. The van der Waals surface area contributed by atoms with Crippen LogP contribution in [-0.4, -0.2) is 42.9 Å². The summed E-state index contributed by atoms with van der Waals surface area (Å²) in [6.45, 7) is 2.96. The quantitative estimate of drug-likeness (QED) is 0.204. The molecule has 2 unspecified atom stereocenters. The van der Waals surface area contributed by atoms with E-state index in [-0.39, 0.29) is 0 Å². The molecule has 0 spiro atoms. The molecule has 2 rings (SSSR count). The molecule has 2 atom stereocenters. The molecule has 0 aromatic heterocycles. The van der Waals surface area contributed by atoms with E-state index >= 15 is 0 Å². The third kappa shape index (κ3) is 37.0. The van der Waals surface area contributed by atoms with Crippen molar-refractivity contribution in [3.8, 4) is 0 Å². The third-order valence-electron chi connectivity index (χ3n) is 2.34. The predicted octanol–water partition coefficient (Wildman–Crippen LogP) is 1.41. The maximum atomic E-state index is 9.25. The minimum Gasteiger partial charge on any atom is -0.478 e. The number of hydrogen-bond acceptors (Lipinski definition) is 7. The summed E-state index contributed by atoms with van der Waals surface area (Å²) in [4.78, 5) is 9.25. The molecule has 8 nitrogen and oxygen atoms in total. The van der Waals surface area contributed by atoms with Crippen molar-refractivity contribution in [1.82, 2.24) is 0 Å². The van der Waals surface area contributed by atoms with Crippen LogP contribution in [0.25, 0.3) is 0 Å². The lowest BCUT2D eigenvalue weighted by molar-refractivity contribution is -0.131. The monoisotopic (exact) mass is 382 g/mol. The first kappa shape index (κ1) is 38.1. The van der Waals surface area contributed by atoms with E-state index < -0.39 is 5.97 Å². The number of fused-ring (bicyclic) bond motifs is 2. The van der Waals surface area contributed by atoms with E-state index in [0.717, 1.165) is 17.9 Å². The molecular weight excluding hydrogens is 362 g/mol. The Hall–Kier alpha value is -1.71. The van der Waals surface area contributed by atoms with Crippen LogP contribution < -0.4 is 0 Å². The van der Waals surface area contributed by atoms with Gasteiger partial charge in [0.25, 0.3) is 0 Å². The van der Waals surface area contributed by atoms with E-state index in [4.69, 9.17) is 64.1 Å². The van der Waals surface area contributed by atoms with Crippen molar-refractivity contribution in [2.24, 2.45) is 11.8 Å². The summed E-state index contributed by atoms with van der Waals surface area (Å²) in [6, 6.07) is 0. The molecule has 24 heavy (non-hydrogen) atoms. The fraction of sp³-hybridized carbons (Fsp3) is 0.500. The van der Waals surface area contributed by atoms with Crippen LogP contribution in [0.15, 0.2) is 24.8 Å². The Morgan fingerprint density at radius 3 is 1.04 bits per heavy atom. The van der Waals surface area contributed by atoms with Gasteiger partial charge in [0.1, 0.15) is 0 Å². The smallest absolute Gasteiger partial charge is 0.327 e. The van der Waals surface area contributed by atoms with Gasteiger partial charge in [0, 0.05) is 6.08 Å². The van der Waals surface area contributed by atoms with Crippen LogP contribution in [0.2, 0.25) is 0 Å². The van der Waals surface area contributed by atoms with Crippen LogP contribution in [0.4, 0.5) is 27.2 Å². The van der Waals surface area contributed by atoms with Crippen LogP contribution >= 0.6 is 0 Å². The molecule has 2 bridgehead atoms. The summed E-state index contributed by atoms with van der Waals surface area (Å²) in [6.07, 6.45) is 10.0. The van der Waals surface area contributed by atoms with Gasteiger partial charge >= 0.3 is 5.97 Å². The van der Waals surface area contributed by atoms with Crippen molar-refractivity contribution >= 4 is 5.97 Å². The lowest BCUT2D eigenvalue weighted by Crippen LogP contribution is -1.82. The van der Waals surface area contributed by atoms with E-state index in [2.05, 4.69) is 18.7 Å². The first-order valence-corrected chi connectivity index (χ1v) is 5.27. The topological polar surface area (TPSA) is 159 Å². The largest absolute Gasteiger partial charge is 0.478 e. The van der Waals surface area contributed by atoms with E-state index in [1.807, 2.05) is 0 Å². The van der Waals surface area contributed by atoms with Gasteiger partial charge in [0.15, 0.2) is 0 Å². The average molecular weight is 382 g/mol. The van der Waals surface area contributed by atoms with Crippen molar-refractivity contribution in [2.75, 3.05) is 0 Å². The van der Waals surface area contributed by atoms with Crippen LogP contribution in [-0.2, 0) is 4.79 Å². The van der Waals surface area contributed by atoms with Crippen molar-refractivity contribution in [1.29, 1.82) is 0 Å². The number of carboxylic acids is 1. The second kappa shape index (κ2) is 49.6. The lowest BCUT2D eigenvalue weighted by atomic mass is 10.1. The van der Waals surface area contributed by atoms with Gasteiger partial charge in [-0.2, -0.15) is 0 Å². The zero-order valence-electron chi connectivity index (χ0n) is 12.0. The molecule has 0 aromatic carbocycles. The molecule has 0 aromatic rings. The highest BCUT2D eigenvalue weighted by Gasteiger charge is 2.25. The normalized spacial score (nSPS) is 16.2. The third-order valence-corrected chi connectivity index (χ3v) is 2.34. The van der Waals surface area contributed by atoms with Gasteiger partial charge in [-0.1, -0.05) is 45.9 Å². The van der Waals surface area contributed by atoms with Crippen LogP contribution in [0.3, 0.4) is 0 Å². The Bertz CT molecular complexity index is 223. The second-order valence-corrected chi connectivity index (χ2v) is 3.26. The molecule has 0 heterocycles. The number of hydrogen-bond donors (Lipinski definition) is 7. The number of allylic oxidation sites excluding steroid dienone is 2. The summed E-state index contributed by atoms with van der Waals surface area (Å²) in [5.74, 6) is 1.00. The van der Waals surface area contributed by atoms with Gasteiger partial charge < -0.3 is 5.11 Å². The number of halogens is 6. The molecule has 0 aliphatic heterocycles. The number of aliphatic carboxylic acids is 1. The summed E-state index contributed by atoms with van der Waals surface area (Å²) in [5, 5.41) is 40.6. The van der Waals surface area contributed by atoms with Gasteiger partial charge in [-0.05, 0) is 31.1 Å². The summed E-state index contributed by atoms with van der Waals surface area (Å²) < 4.78 is 51.0. The Morgan fingerprint density at radius 1 is 0.792 bits per heavy atom. The minimum atomic E-state index is -0.981. The van der Waals surface area contributed by atoms with Crippen LogP contribution in [0.5, 0.6) is 0 Å². The number of carbonyl (C=O) groups is 1. The second-order valence-electron chi connectivity index (χ2n) is 3.26. The Kier molecular flexibility index (Phi) is 78.7. The predicted molar refractivity (Wildman–Crippen MR) is 67.8 cm³/mol. The van der Waals surface area contributed by atoms with Gasteiger partial charge in [-0.15, -0.1) is 0 Å². The molecular formula is C10H20F6O8. The maximum absolute atomic E-state index is 9.25. The highest BCUT2D eigenvalue weighted by molar-refractivity contribution is 5.78. The molecule has 2 aliphatic carbocycles. The molecule has 14 heteroatoms. The minimum absolute atomic E-state index is 0.833. The Morgan fingerprint density at radius 2 is 1.00 bits per heavy atom. The zero-order chi connectivity index (χ0) is 21.0. The highest BCUT2D eigenvalue weighted by Crippen LogP contribution is 2.38. The van der Waals surface area contributed by atoms with Crippen molar-refractivity contribution in [3.63, 3.8) is 0 Å². The SMILES string of the molecule is C1=CC2CCC1C2.C=CC(=O)O.OF.OF.OF.OF.OF.OF. The van der Waals surface area contributed by atoms with Crippen molar-refractivity contribution in [3.05, 3.63) is 24.8 Å². The van der Waals surface area contributed by atoms with E-state index in [0.29, 0.717) is 0 Å². The Labute approximate surface area is 132 Å².